The predicted molar refractivity (Wildman–Crippen MR) is 65.0 cm³/mol. The molecule has 2 rings (SSSR count). The molecule has 1 aromatic carbocycles. The molecule has 0 radical (unpaired) electrons. The summed E-state index contributed by atoms with van der Waals surface area (Å²) in [5.74, 6) is 0. The van der Waals surface area contributed by atoms with Gasteiger partial charge >= 0.3 is 0 Å². The van der Waals surface area contributed by atoms with Crippen molar-refractivity contribution in [3.05, 3.63) is 33.8 Å². The van der Waals surface area contributed by atoms with Crippen LogP contribution in [-0.2, 0) is 17.7 Å². The molecule has 1 aromatic rings. The van der Waals surface area contributed by atoms with Gasteiger partial charge < -0.3 is 4.74 Å². The van der Waals surface area contributed by atoms with E-state index in [-0.39, 0.29) is 0 Å². The van der Waals surface area contributed by atoms with E-state index in [2.05, 4.69) is 39.0 Å². The van der Waals surface area contributed by atoms with Gasteiger partial charge in [0.25, 0.3) is 0 Å². The van der Waals surface area contributed by atoms with E-state index in [0.29, 0.717) is 0 Å². The van der Waals surface area contributed by atoms with E-state index in [1.165, 1.54) is 15.6 Å². The van der Waals surface area contributed by atoms with Crippen molar-refractivity contribution >= 4 is 15.9 Å². The molecule has 2 nitrogen and oxygen atoms in total. The molecule has 0 aliphatic carbocycles. The van der Waals surface area contributed by atoms with E-state index in [9.17, 15) is 0 Å². The monoisotopic (exact) mass is 269 g/mol. The summed E-state index contributed by atoms with van der Waals surface area (Å²) >= 11 is 3.61. The van der Waals surface area contributed by atoms with Crippen LogP contribution in [0.3, 0.4) is 0 Å². The van der Waals surface area contributed by atoms with Crippen LogP contribution in [0.5, 0.6) is 0 Å². The maximum atomic E-state index is 5.11. The van der Waals surface area contributed by atoms with Gasteiger partial charge in [-0.2, -0.15) is 0 Å². The first-order valence-corrected chi connectivity index (χ1v) is 6.08. The number of halogens is 1. The third-order valence-corrected chi connectivity index (χ3v) is 3.64. The average Bonchev–Trinajstić information content (AvgIpc) is 2.26. The number of benzene rings is 1. The van der Waals surface area contributed by atoms with Gasteiger partial charge in [-0.15, -0.1) is 0 Å². The molecule has 82 valence electrons. The van der Waals surface area contributed by atoms with Crippen molar-refractivity contribution < 1.29 is 4.74 Å². The number of rotatable bonds is 3. The zero-order valence-corrected chi connectivity index (χ0v) is 10.6. The normalized spacial score (nSPS) is 16.4. The van der Waals surface area contributed by atoms with Crippen LogP contribution >= 0.6 is 15.9 Å². The van der Waals surface area contributed by atoms with E-state index in [1.54, 1.807) is 7.11 Å². The van der Waals surface area contributed by atoms with Gasteiger partial charge in [-0.05, 0) is 23.6 Å². The molecular formula is C12H16BrNO. The summed E-state index contributed by atoms with van der Waals surface area (Å²) in [6.07, 6.45) is 1.14. The molecule has 15 heavy (non-hydrogen) atoms. The van der Waals surface area contributed by atoms with Crippen molar-refractivity contribution in [1.29, 1.82) is 0 Å². The minimum absolute atomic E-state index is 0.823. The molecule has 0 unspecified atom stereocenters. The zero-order valence-electron chi connectivity index (χ0n) is 9.00. The SMILES string of the molecule is COCCN1CCc2c(Br)cccc2C1. The number of hydrogen-bond acceptors (Lipinski definition) is 2. The Bertz CT molecular complexity index is 340. The van der Waals surface area contributed by atoms with Crippen LogP contribution in [0.1, 0.15) is 11.1 Å². The van der Waals surface area contributed by atoms with Gasteiger partial charge in [-0.1, -0.05) is 28.1 Å². The predicted octanol–water partition coefficient (Wildman–Crippen LogP) is 2.45. The summed E-state index contributed by atoms with van der Waals surface area (Å²) in [5, 5.41) is 0. The molecule has 1 aliphatic heterocycles. The maximum Gasteiger partial charge on any atom is 0.0589 e. The second-order valence-electron chi connectivity index (χ2n) is 3.90. The molecule has 0 aromatic heterocycles. The van der Waals surface area contributed by atoms with Crippen molar-refractivity contribution in [1.82, 2.24) is 4.90 Å². The first-order chi connectivity index (χ1) is 7.31. The number of fused-ring (bicyclic) bond motifs is 1. The lowest BCUT2D eigenvalue weighted by Gasteiger charge is -2.29. The Morgan fingerprint density at radius 1 is 1.47 bits per heavy atom. The summed E-state index contributed by atoms with van der Waals surface area (Å²) in [4.78, 5) is 2.44. The number of nitrogens with zero attached hydrogens (tertiary/aromatic N) is 1. The molecule has 1 aliphatic rings. The summed E-state index contributed by atoms with van der Waals surface area (Å²) in [6, 6.07) is 6.46. The first-order valence-electron chi connectivity index (χ1n) is 5.29. The third kappa shape index (κ3) is 2.60. The van der Waals surface area contributed by atoms with E-state index in [1.807, 2.05) is 0 Å². The van der Waals surface area contributed by atoms with Crippen LogP contribution in [-0.4, -0.2) is 31.7 Å². The fraction of sp³-hybridized carbons (Fsp3) is 0.500. The maximum absolute atomic E-state index is 5.11. The fourth-order valence-corrected chi connectivity index (χ4v) is 2.64. The van der Waals surface area contributed by atoms with Gasteiger partial charge in [-0.25, -0.2) is 0 Å². The van der Waals surface area contributed by atoms with E-state index >= 15 is 0 Å². The van der Waals surface area contributed by atoms with Crippen LogP contribution in [0.15, 0.2) is 22.7 Å². The van der Waals surface area contributed by atoms with Gasteiger partial charge in [-0.3, -0.25) is 4.90 Å². The van der Waals surface area contributed by atoms with Crippen LogP contribution < -0.4 is 0 Å². The molecule has 0 fully saturated rings. The molecule has 0 saturated heterocycles. The summed E-state index contributed by atoms with van der Waals surface area (Å²) in [6.45, 7) is 4.04. The van der Waals surface area contributed by atoms with Crippen LogP contribution in [0.2, 0.25) is 0 Å². The highest BCUT2D eigenvalue weighted by Gasteiger charge is 2.17. The van der Waals surface area contributed by atoms with E-state index < -0.39 is 0 Å². The zero-order chi connectivity index (χ0) is 10.7. The van der Waals surface area contributed by atoms with Crippen LogP contribution in [0, 0.1) is 0 Å². The Labute approximate surface area is 99.4 Å². The van der Waals surface area contributed by atoms with Gasteiger partial charge in [0, 0.05) is 31.2 Å². The molecule has 0 saturated carbocycles. The van der Waals surface area contributed by atoms with E-state index in [4.69, 9.17) is 4.74 Å². The highest BCUT2D eigenvalue weighted by molar-refractivity contribution is 9.10. The number of hydrogen-bond donors (Lipinski definition) is 0. The van der Waals surface area contributed by atoms with Crippen molar-refractivity contribution in [3.8, 4) is 0 Å². The Hall–Kier alpha value is -0.380. The van der Waals surface area contributed by atoms with Gasteiger partial charge in [0.2, 0.25) is 0 Å². The largest absolute Gasteiger partial charge is 0.383 e. The lowest BCUT2D eigenvalue weighted by molar-refractivity contribution is 0.140. The lowest BCUT2D eigenvalue weighted by atomic mass is 10.00. The van der Waals surface area contributed by atoms with Crippen molar-refractivity contribution in [2.75, 3.05) is 26.8 Å². The number of methoxy groups -OCH3 is 1. The van der Waals surface area contributed by atoms with Crippen LogP contribution in [0.4, 0.5) is 0 Å². The van der Waals surface area contributed by atoms with Crippen molar-refractivity contribution in [3.63, 3.8) is 0 Å². The molecule has 0 atom stereocenters. The fourth-order valence-electron chi connectivity index (χ4n) is 2.03. The molecule has 3 heteroatoms. The third-order valence-electron chi connectivity index (χ3n) is 2.90. The standard InChI is InChI=1S/C12H16BrNO/c1-15-8-7-14-6-5-11-10(9-14)3-2-4-12(11)13/h2-4H,5-9H2,1H3. The van der Waals surface area contributed by atoms with Gasteiger partial charge in [0.1, 0.15) is 0 Å². The van der Waals surface area contributed by atoms with Crippen molar-refractivity contribution in [2.24, 2.45) is 0 Å². The molecule has 1 heterocycles. The highest BCUT2D eigenvalue weighted by Crippen LogP contribution is 2.25. The van der Waals surface area contributed by atoms with Crippen molar-refractivity contribution in [2.45, 2.75) is 13.0 Å². The minimum Gasteiger partial charge on any atom is -0.383 e. The molecule has 0 bridgehead atoms. The summed E-state index contributed by atoms with van der Waals surface area (Å²) < 4.78 is 6.36. The van der Waals surface area contributed by atoms with Gasteiger partial charge in [0.05, 0.1) is 6.61 Å². The summed E-state index contributed by atoms with van der Waals surface area (Å²) in [5.41, 5.74) is 2.93. The van der Waals surface area contributed by atoms with Gasteiger partial charge in [0.15, 0.2) is 0 Å². The minimum atomic E-state index is 0.823. The molecule has 0 N–H and O–H groups in total. The lowest BCUT2D eigenvalue weighted by Crippen LogP contribution is -2.33. The molecular weight excluding hydrogens is 254 g/mol. The Morgan fingerprint density at radius 3 is 3.13 bits per heavy atom. The topological polar surface area (TPSA) is 12.5 Å². The van der Waals surface area contributed by atoms with Crippen LogP contribution in [0.25, 0.3) is 0 Å². The van der Waals surface area contributed by atoms with E-state index in [0.717, 1.165) is 32.7 Å². The summed E-state index contributed by atoms with van der Waals surface area (Å²) in [7, 11) is 1.76. The average molecular weight is 270 g/mol. The Kier molecular flexibility index (Phi) is 3.78. The quantitative estimate of drug-likeness (QED) is 0.836. The Morgan fingerprint density at radius 2 is 2.33 bits per heavy atom. The highest BCUT2D eigenvalue weighted by atomic mass is 79.9. The second-order valence-corrected chi connectivity index (χ2v) is 4.75. The molecule has 0 amide bonds. The second kappa shape index (κ2) is 5.10. The Balaban J connectivity index is 2.07. The smallest absolute Gasteiger partial charge is 0.0589 e. The number of ether oxygens (including phenoxy) is 1. The first kappa shape index (κ1) is 11.1. The molecule has 0 spiro atoms.